The molecule has 0 saturated carbocycles. The Morgan fingerprint density at radius 3 is 2.67 bits per heavy atom. The zero-order valence-electron chi connectivity index (χ0n) is 14.6. The molecule has 0 fully saturated rings. The van der Waals surface area contributed by atoms with Crippen LogP contribution in [0.1, 0.15) is 42.8 Å². The maximum atomic E-state index is 11.9. The lowest BCUT2D eigenvalue weighted by molar-refractivity contribution is 0.275. The summed E-state index contributed by atoms with van der Waals surface area (Å²) < 4.78 is 5.35. The van der Waals surface area contributed by atoms with Gasteiger partial charge in [-0.2, -0.15) is 0 Å². The molecular formula is C20H23NO2S. The molecule has 3 aromatic rings. The Hall–Kier alpha value is -1.91. The summed E-state index contributed by atoms with van der Waals surface area (Å²) in [5.41, 5.74) is 2.50. The first-order valence-corrected chi connectivity index (χ1v) is 9.03. The van der Waals surface area contributed by atoms with Gasteiger partial charge in [-0.1, -0.05) is 39.0 Å². The molecule has 0 aliphatic rings. The van der Waals surface area contributed by atoms with Crippen LogP contribution >= 0.6 is 11.3 Å². The highest BCUT2D eigenvalue weighted by Gasteiger charge is 2.26. The Labute approximate surface area is 146 Å². The first kappa shape index (κ1) is 16.9. The van der Waals surface area contributed by atoms with E-state index < -0.39 is 0 Å². The van der Waals surface area contributed by atoms with Gasteiger partial charge in [-0.15, -0.1) is 11.3 Å². The molecule has 1 N–H and O–H groups in total. The van der Waals surface area contributed by atoms with Crippen LogP contribution in [0.5, 0.6) is 0 Å². The Kier molecular flexibility index (Phi) is 4.61. The van der Waals surface area contributed by atoms with Crippen molar-refractivity contribution in [2.45, 2.75) is 40.3 Å². The van der Waals surface area contributed by atoms with Crippen molar-refractivity contribution in [2.24, 2.45) is 5.41 Å². The Morgan fingerprint density at radius 1 is 1.21 bits per heavy atom. The second kappa shape index (κ2) is 6.54. The van der Waals surface area contributed by atoms with Crippen molar-refractivity contribution in [1.82, 2.24) is 5.32 Å². The molecule has 0 bridgehead atoms. The van der Waals surface area contributed by atoms with Gasteiger partial charge in [-0.25, -0.2) is 4.79 Å². The smallest absolute Gasteiger partial charge is 0.336 e. The first-order valence-electron chi connectivity index (χ1n) is 8.15. The number of nitrogens with one attached hydrogen (secondary N) is 1. The van der Waals surface area contributed by atoms with E-state index in [9.17, 15) is 4.79 Å². The van der Waals surface area contributed by atoms with E-state index in [4.69, 9.17) is 4.42 Å². The van der Waals surface area contributed by atoms with Gasteiger partial charge in [0, 0.05) is 28.9 Å². The van der Waals surface area contributed by atoms with E-state index in [1.54, 1.807) is 17.4 Å². The van der Waals surface area contributed by atoms with Crippen molar-refractivity contribution in [3.63, 3.8) is 0 Å². The number of thiophene rings is 1. The quantitative estimate of drug-likeness (QED) is 0.676. The molecule has 2 heterocycles. The zero-order chi connectivity index (χ0) is 17.3. The molecule has 0 amide bonds. The summed E-state index contributed by atoms with van der Waals surface area (Å²) in [6.07, 6.45) is 0. The van der Waals surface area contributed by atoms with Crippen molar-refractivity contribution in [3.05, 3.63) is 68.2 Å². The number of hydrogen-bond donors (Lipinski definition) is 1. The third-order valence-corrected chi connectivity index (χ3v) is 5.11. The van der Waals surface area contributed by atoms with Crippen LogP contribution in [0.3, 0.4) is 0 Å². The van der Waals surface area contributed by atoms with Gasteiger partial charge >= 0.3 is 5.63 Å². The van der Waals surface area contributed by atoms with E-state index >= 15 is 0 Å². The second-order valence-corrected chi connectivity index (χ2v) is 8.26. The SMILES string of the molecule is Cc1ccc2c(CN[C@H](c3cccs3)C(C)(C)C)cc(=O)oc2c1. The fraction of sp³-hybridized carbons (Fsp3) is 0.350. The molecule has 0 unspecified atom stereocenters. The lowest BCUT2D eigenvalue weighted by Crippen LogP contribution is -2.31. The van der Waals surface area contributed by atoms with E-state index in [0.29, 0.717) is 12.1 Å². The van der Waals surface area contributed by atoms with Gasteiger partial charge in [0.2, 0.25) is 0 Å². The van der Waals surface area contributed by atoms with Gasteiger partial charge in [0.25, 0.3) is 0 Å². The second-order valence-electron chi connectivity index (χ2n) is 7.29. The number of rotatable bonds is 4. The summed E-state index contributed by atoms with van der Waals surface area (Å²) in [5, 5.41) is 6.74. The highest BCUT2D eigenvalue weighted by Crippen LogP contribution is 2.35. The Balaban J connectivity index is 1.93. The van der Waals surface area contributed by atoms with E-state index in [1.165, 1.54) is 4.88 Å². The zero-order valence-corrected chi connectivity index (χ0v) is 15.4. The average molecular weight is 341 g/mol. The molecule has 0 saturated heterocycles. The van der Waals surface area contributed by atoms with Gasteiger partial charge in [0.05, 0.1) is 0 Å². The van der Waals surface area contributed by atoms with Crippen molar-refractivity contribution >= 4 is 22.3 Å². The minimum Gasteiger partial charge on any atom is -0.423 e. The fourth-order valence-electron chi connectivity index (χ4n) is 2.98. The molecule has 1 aromatic carbocycles. The number of aryl methyl sites for hydroxylation is 1. The highest BCUT2D eigenvalue weighted by atomic mass is 32.1. The summed E-state index contributed by atoms with van der Waals surface area (Å²) >= 11 is 1.76. The summed E-state index contributed by atoms with van der Waals surface area (Å²) in [4.78, 5) is 13.2. The molecule has 0 radical (unpaired) electrons. The van der Waals surface area contributed by atoms with Crippen molar-refractivity contribution in [3.8, 4) is 0 Å². The summed E-state index contributed by atoms with van der Waals surface area (Å²) in [5.74, 6) is 0. The molecule has 0 aliphatic heterocycles. The molecule has 3 nitrogen and oxygen atoms in total. The molecule has 1 atom stereocenters. The van der Waals surface area contributed by atoms with E-state index in [0.717, 1.165) is 16.5 Å². The summed E-state index contributed by atoms with van der Waals surface area (Å²) in [6, 6.07) is 12.1. The monoisotopic (exact) mass is 341 g/mol. The van der Waals surface area contributed by atoms with Crippen molar-refractivity contribution < 1.29 is 4.42 Å². The average Bonchev–Trinajstić information content (AvgIpc) is 2.99. The predicted octanol–water partition coefficient (Wildman–Crippen LogP) is 5.04. The van der Waals surface area contributed by atoms with Crippen LogP contribution in [0.4, 0.5) is 0 Å². The standard InChI is InChI=1S/C20H23NO2S/c1-13-7-8-15-14(11-18(22)23-16(15)10-13)12-21-19(20(2,3)4)17-6-5-9-24-17/h5-11,19,21H,12H2,1-4H3/t19-/m1/s1. The Morgan fingerprint density at radius 2 is 2.00 bits per heavy atom. The molecule has 0 spiro atoms. The van der Waals surface area contributed by atoms with E-state index in [1.807, 2.05) is 25.1 Å². The number of fused-ring (bicyclic) bond motifs is 1. The highest BCUT2D eigenvalue weighted by molar-refractivity contribution is 7.10. The molecule has 0 aliphatic carbocycles. The number of hydrogen-bond acceptors (Lipinski definition) is 4. The van der Waals surface area contributed by atoms with Crippen molar-refractivity contribution in [2.75, 3.05) is 0 Å². The minimum absolute atomic E-state index is 0.0801. The normalized spacial score (nSPS) is 13.3. The molecule has 2 aromatic heterocycles. The lowest BCUT2D eigenvalue weighted by atomic mass is 9.85. The molecule has 4 heteroatoms. The predicted molar refractivity (Wildman–Crippen MR) is 101 cm³/mol. The lowest BCUT2D eigenvalue weighted by Gasteiger charge is -2.31. The maximum Gasteiger partial charge on any atom is 0.336 e. The molecule has 3 rings (SSSR count). The minimum atomic E-state index is -0.298. The van der Waals surface area contributed by atoms with E-state index in [-0.39, 0.29) is 17.1 Å². The third kappa shape index (κ3) is 3.60. The number of benzene rings is 1. The van der Waals surface area contributed by atoms with Crippen LogP contribution in [0, 0.1) is 12.3 Å². The van der Waals surface area contributed by atoms with Crippen LogP contribution in [0.2, 0.25) is 0 Å². The van der Waals surface area contributed by atoms with E-state index in [2.05, 4.69) is 43.6 Å². The van der Waals surface area contributed by atoms with Crippen LogP contribution in [-0.2, 0) is 6.54 Å². The van der Waals surface area contributed by atoms with Crippen LogP contribution in [0.25, 0.3) is 11.0 Å². The van der Waals surface area contributed by atoms with Gasteiger partial charge in [-0.3, -0.25) is 0 Å². The Bertz CT molecular complexity index is 888. The van der Waals surface area contributed by atoms with Gasteiger partial charge in [-0.05, 0) is 41.0 Å². The maximum absolute atomic E-state index is 11.9. The largest absolute Gasteiger partial charge is 0.423 e. The van der Waals surface area contributed by atoms with Crippen molar-refractivity contribution in [1.29, 1.82) is 0 Å². The van der Waals surface area contributed by atoms with Gasteiger partial charge in [0.15, 0.2) is 0 Å². The van der Waals surface area contributed by atoms with Crippen LogP contribution in [-0.4, -0.2) is 0 Å². The summed E-state index contributed by atoms with van der Waals surface area (Å²) in [7, 11) is 0. The first-order chi connectivity index (χ1) is 11.3. The van der Waals surface area contributed by atoms with Crippen LogP contribution < -0.4 is 10.9 Å². The topological polar surface area (TPSA) is 42.2 Å². The van der Waals surface area contributed by atoms with Crippen LogP contribution in [0.15, 0.2) is 51.0 Å². The molecule has 24 heavy (non-hydrogen) atoms. The molecular weight excluding hydrogens is 318 g/mol. The fourth-order valence-corrected chi connectivity index (χ4v) is 4.03. The summed E-state index contributed by atoms with van der Waals surface area (Å²) in [6.45, 7) is 9.31. The third-order valence-electron chi connectivity index (χ3n) is 4.18. The molecule has 126 valence electrons. The van der Waals surface area contributed by atoms with Gasteiger partial charge < -0.3 is 9.73 Å². The van der Waals surface area contributed by atoms with Gasteiger partial charge in [0.1, 0.15) is 5.58 Å².